The van der Waals surface area contributed by atoms with Gasteiger partial charge in [-0.25, -0.2) is 4.98 Å². The van der Waals surface area contributed by atoms with E-state index in [-0.39, 0.29) is 5.78 Å². The molecule has 4 heteroatoms. The summed E-state index contributed by atoms with van der Waals surface area (Å²) in [5.74, 6) is 0.918. The molecular formula is C26H23N3O. The van der Waals surface area contributed by atoms with E-state index in [1.807, 2.05) is 41.7 Å². The molecule has 0 aliphatic heterocycles. The Kier molecular flexibility index (Phi) is 4.47. The molecule has 0 N–H and O–H groups in total. The molecule has 0 spiro atoms. The van der Waals surface area contributed by atoms with Crippen LogP contribution in [-0.2, 0) is 6.54 Å². The summed E-state index contributed by atoms with van der Waals surface area (Å²) >= 11 is 0. The lowest BCUT2D eigenvalue weighted by Gasteiger charge is -2.06. The predicted molar refractivity (Wildman–Crippen MR) is 122 cm³/mol. The zero-order valence-corrected chi connectivity index (χ0v) is 17.2. The Morgan fingerprint density at radius 1 is 0.767 bits per heavy atom. The average Bonchev–Trinajstić information content (AvgIpc) is 3.34. The van der Waals surface area contributed by atoms with E-state index in [2.05, 4.69) is 60.0 Å². The highest BCUT2D eigenvalue weighted by molar-refractivity contribution is 6.03. The zero-order chi connectivity index (χ0) is 20.7. The number of fused-ring (bicyclic) bond motifs is 3. The summed E-state index contributed by atoms with van der Waals surface area (Å²) in [5, 5.41) is 0. The van der Waals surface area contributed by atoms with Crippen LogP contribution in [0, 0.1) is 0 Å². The molecule has 0 aliphatic carbocycles. The van der Waals surface area contributed by atoms with Crippen LogP contribution in [0.25, 0.3) is 39.2 Å². The molecule has 5 rings (SSSR count). The molecule has 0 unspecified atom stereocenters. The summed E-state index contributed by atoms with van der Waals surface area (Å²) in [6.45, 7) is 4.81. The van der Waals surface area contributed by atoms with Crippen molar-refractivity contribution in [3.63, 3.8) is 0 Å². The first-order valence-corrected chi connectivity index (χ1v) is 10.4. The number of aromatic nitrogens is 3. The number of aryl methyl sites for hydroxylation is 1. The molecule has 0 aliphatic rings. The highest BCUT2D eigenvalue weighted by atomic mass is 16.1. The number of imidazole rings is 2. The SMILES string of the molecule is CCC(=O)c1c(-c2ccc(-c3ccccc3)cc2)nc2n(CC)c3ccccc3n12. The van der Waals surface area contributed by atoms with Crippen molar-refractivity contribution in [3.8, 4) is 22.4 Å². The Labute approximate surface area is 175 Å². The summed E-state index contributed by atoms with van der Waals surface area (Å²) in [6, 6.07) is 26.8. The number of carbonyl (C=O) groups excluding carboxylic acids is 1. The Balaban J connectivity index is 1.74. The fourth-order valence-electron chi connectivity index (χ4n) is 4.20. The number of hydrogen-bond acceptors (Lipinski definition) is 2. The van der Waals surface area contributed by atoms with Gasteiger partial charge in [-0.2, -0.15) is 0 Å². The van der Waals surface area contributed by atoms with Crippen LogP contribution in [0.5, 0.6) is 0 Å². The quantitative estimate of drug-likeness (QED) is 0.332. The molecule has 0 bridgehead atoms. The van der Waals surface area contributed by atoms with Crippen LogP contribution in [-0.4, -0.2) is 19.7 Å². The van der Waals surface area contributed by atoms with E-state index in [1.54, 1.807) is 0 Å². The molecule has 3 aromatic carbocycles. The van der Waals surface area contributed by atoms with Crippen molar-refractivity contribution >= 4 is 22.6 Å². The van der Waals surface area contributed by atoms with Gasteiger partial charge in [0.15, 0.2) is 5.78 Å². The van der Waals surface area contributed by atoms with Gasteiger partial charge >= 0.3 is 0 Å². The molecule has 0 fully saturated rings. The lowest BCUT2D eigenvalue weighted by molar-refractivity contribution is 0.0983. The molecule has 0 atom stereocenters. The minimum Gasteiger partial charge on any atom is -0.310 e. The minimum atomic E-state index is 0.101. The Hall–Kier alpha value is -3.66. The van der Waals surface area contributed by atoms with Crippen molar-refractivity contribution in [1.82, 2.24) is 14.0 Å². The Morgan fingerprint density at radius 2 is 1.37 bits per heavy atom. The number of hydrogen-bond donors (Lipinski definition) is 0. The van der Waals surface area contributed by atoms with Gasteiger partial charge in [0.2, 0.25) is 5.78 Å². The van der Waals surface area contributed by atoms with Gasteiger partial charge in [-0.05, 0) is 30.2 Å². The fraction of sp³-hybridized carbons (Fsp3) is 0.154. The molecule has 0 amide bonds. The van der Waals surface area contributed by atoms with Crippen LogP contribution in [0.15, 0.2) is 78.9 Å². The van der Waals surface area contributed by atoms with Crippen molar-refractivity contribution < 1.29 is 4.79 Å². The number of carbonyl (C=O) groups is 1. The number of ketones is 1. The zero-order valence-electron chi connectivity index (χ0n) is 17.2. The van der Waals surface area contributed by atoms with E-state index in [4.69, 9.17) is 4.98 Å². The molecular weight excluding hydrogens is 370 g/mol. The van der Waals surface area contributed by atoms with Gasteiger partial charge in [-0.3, -0.25) is 9.20 Å². The van der Waals surface area contributed by atoms with Crippen LogP contribution in [0.1, 0.15) is 30.8 Å². The van der Waals surface area contributed by atoms with Gasteiger partial charge in [0.1, 0.15) is 11.4 Å². The predicted octanol–water partition coefficient (Wildman–Crippen LogP) is 6.24. The normalized spacial score (nSPS) is 11.4. The third-order valence-corrected chi connectivity index (χ3v) is 5.68. The molecule has 148 valence electrons. The number of benzene rings is 3. The summed E-state index contributed by atoms with van der Waals surface area (Å²) < 4.78 is 4.20. The fourth-order valence-corrected chi connectivity index (χ4v) is 4.20. The second kappa shape index (κ2) is 7.30. The molecule has 2 aromatic heterocycles. The summed E-state index contributed by atoms with van der Waals surface area (Å²) in [7, 11) is 0. The number of Topliss-reactive ketones (excluding diaryl/α,β-unsaturated/α-hetero) is 1. The third-order valence-electron chi connectivity index (χ3n) is 5.68. The van der Waals surface area contributed by atoms with Gasteiger partial charge < -0.3 is 4.57 Å². The number of rotatable bonds is 5. The highest BCUT2D eigenvalue weighted by Crippen LogP contribution is 2.32. The van der Waals surface area contributed by atoms with Crippen molar-refractivity contribution in [2.45, 2.75) is 26.8 Å². The third kappa shape index (κ3) is 2.76. The van der Waals surface area contributed by atoms with Gasteiger partial charge in [0.05, 0.1) is 11.0 Å². The lowest BCUT2D eigenvalue weighted by atomic mass is 10.0. The second-order valence-electron chi connectivity index (χ2n) is 7.40. The topological polar surface area (TPSA) is 39.3 Å². The summed E-state index contributed by atoms with van der Waals surface area (Å²) in [6.07, 6.45) is 0.439. The van der Waals surface area contributed by atoms with Crippen LogP contribution in [0.4, 0.5) is 0 Å². The second-order valence-corrected chi connectivity index (χ2v) is 7.40. The first-order valence-electron chi connectivity index (χ1n) is 10.4. The molecule has 0 radical (unpaired) electrons. The monoisotopic (exact) mass is 393 g/mol. The van der Waals surface area contributed by atoms with Crippen molar-refractivity contribution in [1.29, 1.82) is 0 Å². The van der Waals surface area contributed by atoms with E-state index >= 15 is 0 Å². The molecule has 0 saturated heterocycles. The molecule has 30 heavy (non-hydrogen) atoms. The first-order chi connectivity index (χ1) is 14.7. The van der Waals surface area contributed by atoms with Gasteiger partial charge in [-0.1, -0.05) is 73.7 Å². The van der Waals surface area contributed by atoms with Crippen molar-refractivity contribution in [2.75, 3.05) is 0 Å². The van der Waals surface area contributed by atoms with E-state index in [0.717, 1.165) is 40.2 Å². The molecule has 5 aromatic rings. The standard InChI is InChI=1S/C26H23N3O/c1-3-23(30)25-24(20-16-14-19(15-17-20)18-10-6-5-7-11-18)27-26-28(4-2)21-12-8-9-13-22(21)29(25)26/h5-17H,3-4H2,1-2H3. The minimum absolute atomic E-state index is 0.101. The van der Waals surface area contributed by atoms with Gasteiger partial charge in [0, 0.05) is 18.5 Å². The van der Waals surface area contributed by atoms with E-state index in [9.17, 15) is 4.79 Å². The van der Waals surface area contributed by atoms with E-state index in [0.29, 0.717) is 12.1 Å². The highest BCUT2D eigenvalue weighted by Gasteiger charge is 2.24. The van der Waals surface area contributed by atoms with Crippen LogP contribution in [0.3, 0.4) is 0 Å². The lowest BCUT2D eigenvalue weighted by Crippen LogP contribution is -2.03. The van der Waals surface area contributed by atoms with Crippen LogP contribution in [0.2, 0.25) is 0 Å². The maximum absolute atomic E-state index is 13.0. The number of nitrogens with zero attached hydrogens (tertiary/aromatic N) is 3. The molecule has 2 heterocycles. The van der Waals surface area contributed by atoms with Crippen molar-refractivity contribution in [3.05, 3.63) is 84.6 Å². The van der Waals surface area contributed by atoms with Gasteiger partial charge in [-0.15, -0.1) is 0 Å². The van der Waals surface area contributed by atoms with Gasteiger partial charge in [0.25, 0.3) is 0 Å². The van der Waals surface area contributed by atoms with Crippen molar-refractivity contribution in [2.24, 2.45) is 0 Å². The van der Waals surface area contributed by atoms with Crippen LogP contribution >= 0.6 is 0 Å². The maximum Gasteiger partial charge on any atom is 0.216 e. The summed E-state index contributed by atoms with van der Waals surface area (Å²) in [4.78, 5) is 18.0. The first kappa shape index (κ1) is 18.4. The van der Waals surface area contributed by atoms with E-state index in [1.165, 1.54) is 5.56 Å². The Morgan fingerprint density at radius 3 is 2.03 bits per heavy atom. The maximum atomic E-state index is 13.0. The smallest absolute Gasteiger partial charge is 0.216 e. The summed E-state index contributed by atoms with van der Waals surface area (Å²) in [5.41, 5.74) is 6.82. The Bertz CT molecular complexity index is 1360. The molecule has 4 nitrogen and oxygen atoms in total. The largest absolute Gasteiger partial charge is 0.310 e. The average molecular weight is 393 g/mol. The number of para-hydroxylation sites is 2. The van der Waals surface area contributed by atoms with E-state index < -0.39 is 0 Å². The van der Waals surface area contributed by atoms with Crippen LogP contribution < -0.4 is 0 Å². The molecule has 0 saturated carbocycles.